The number of ether oxygens (including phenoxy) is 1. The topological polar surface area (TPSA) is 82.0 Å². The minimum Gasteiger partial charge on any atom is -0.493 e. The van der Waals surface area contributed by atoms with Gasteiger partial charge in [-0.1, -0.05) is 24.3 Å². The number of nitrogens with zero attached hydrogens (tertiary/aromatic N) is 3. The van der Waals surface area contributed by atoms with Crippen LogP contribution in [0.1, 0.15) is 13.3 Å². The van der Waals surface area contributed by atoms with Gasteiger partial charge >= 0.3 is 0 Å². The van der Waals surface area contributed by atoms with E-state index in [0.29, 0.717) is 23.6 Å². The van der Waals surface area contributed by atoms with Crippen molar-refractivity contribution >= 4 is 15.2 Å². The standard InChI is InChI=1S/C25H21N3O3S/c1-18(32(29)30)14-17-31-20-10-8-19(9-11-20)21-12-13-23(22-6-2-4-15-26-22)28-25(21)24-7-3-5-16-27-24/h2-13,15-16H,14,17H2,1H3. The van der Waals surface area contributed by atoms with E-state index >= 15 is 0 Å². The first-order valence-corrected chi connectivity index (χ1v) is 11.2. The largest absolute Gasteiger partial charge is 0.493 e. The molecule has 0 amide bonds. The Kier molecular flexibility index (Phi) is 6.67. The van der Waals surface area contributed by atoms with E-state index in [1.807, 2.05) is 72.8 Å². The zero-order chi connectivity index (χ0) is 22.3. The highest BCUT2D eigenvalue weighted by molar-refractivity contribution is 7.72. The number of aromatic nitrogens is 3. The molecule has 1 aromatic carbocycles. The lowest BCUT2D eigenvalue weighted by Crippen LogP contribution is -2.03. The molecule has 160 valence electrons. The number of rotatable bonds is 7. The van der Waals surface area contributed by atoms with Crippen molar-refractivity contribution < 1.29 is 13.2 Å². The Morgan fingerprint density at radius 3 is 2.12 bits per heavy atom. The molecule has 4 rings (SSSR count). The maximum atomic E-state index is 10.9. The molecule has 4 aromatic rings. The predicted molar refractivity (Wildman–Crippen MR) is 126 cm³/mol. The van der Waals surface area contributed by atoms with Crippen LogP contribution in [0.15, 0.2) is 85.2 Å². The van der Waals surface area contributed by atoms with Crippen LogP contribution in [-0.2, 0) is 10.3 Å². The van der Waals surface area contributed by atoms with Gasteiger partial charge in [-0.25, -0.2) is 4.98 Å². The minimum atomic E-state index is -2.16. The van der Waals surface area contributed by atoms with Gasteiger partial charge < -0.3 is 4.74 Å². The second-order valence-corrected chi connectivity index (χ2v) is 8.25. The molecule has 0 saturated heterocycles. The summed E-state index contributed by atoms with van der Waals surface area (Å²) in [5.41, 5.74) is 5.04. The average Bonchev–Trinajstić information content (AvgIpc) is 2.85. The summed E-state index contributed by atoms with van der Waals surface area (Å²) in [7, 11) is -2.16. The molecule has 0 atom stereocenters. The van der Waals surface area contributed by atoms with Gasteiger partial charge in [0.1, 0.15) is 5.75 Å². The van der Waals surface area contributed by atoms with E-state index in [2.05, 4.69) is 9.97 Å². The van der Waals surface area contributed by atoms with Gasteiger partial charge in [0.25, 0.3) is 0 Å². The normalized spacial score (nSPS) is 10.5. The molecule has 0 radical (unpaired) electrons. The fourth-order valence-electron chi connectivity index (χ4n) is 3.17. The van der Waals surface area contributed by atoms with Crippen LogP contribution in [0.3, 0.4) is 0 Å². The van der Waals surface area contributed by atoms with Crippen molar-refractivity contribution in [2.75, 3.05) is 6.61 Å². The van der Waals surface area contributed by atoms with Gasteiger partial charge in [0.05, 0.1) is 29.4 Å². The Bertz CT molecular complexity index is 1330. The van der Waals surface area contributed by atoms with Gasteiger partial charge in [0.15, 0.2) is 0 Å². The third-order valence-corrected chi connectivity index (χ3v) is 5.68. The van der Waals surface area contributed by atoms with E-state index in [0.717, 1.165) is 33.9 Å². The Labute approximate surface area is 188 Å². The molecule has 0 unspecified atom stereocenters. The highest BCUT2D eigenvalue weighted by Gasteiger charge is 2.13. The lowest BCUT2D eigenvalue weighted by molar-refractivity contribution is 0.329. The fourth-order valence-corrected chi connectivity index (χ4v) is 3.42. The first-order chi connectivity index (χ1) is 15.6. The molecular formula is C25H21N3O3S. The lowest BCUT2D eigenvalue weighted by Gasteiger charge is -2.12. The number of pyridine rings is 3. The van der Waals surface area contributed by atoms with Gasteiger partial charge in [-0.2, -0.15) is 8.42 Å². The van der Waals surface area contributed by atoms with E-state index < -0.39 is 10.3 Å². The van der Waals surface area contributed by atoms with Crippen LogP contribution in [0, 0.1) is 0 Å². The Hall–Kier alpha value is -3.84. The predicted octanol–water partition coefficient (Wildman–Crippen LogP) is 4.71. The average molecular weight is 444 g/mol. The van der Waals surface area contributed by atoms with E-state index in [1.54, 1.807) is 19.3 Å². The maximum Gasteiger partial charge on any atom is 0.213 e. The molecule has 0 aliphatic rings. The Morgan fingerprint density at radius 1 is 0.812 bits per heavy atom. The summed E-state index contributed by atoms with van der Waals surface area (Å²) < 4.78 is 27.5. The first kappa shape index (κ1) is 21.4. The van der Waals surface area contributed by atoms with Crippen LogP contribution >= 0.6 is 0 Å². The molecule has 0 bridgehead atoms. The molecule has 0 saturated carbocycles. The second kappa shape index (κ2) is 9.98. The highest BCUT2D eigenvalue weighted by atomic mass is 32.2. The smallest absolute Gasteiger partial charge is 0.213 e. The summed E-state index contributed by atoms with van der Waals surface area (Å²) in [5, 5.41) is 0. The molecule has 3 aromatic heterocycles. The van der Waals surface area contributed by atoms with Crippen LogP contribution in [0.25, 0.3) is 33.9 Å². The van der Waals surface area contributed by atoms with Crippen LogP contribution in [0.5, 0.6) is 5.75 Å². The fraction of sp³-hybridized carbons (Fsp3) is 0.120. The summed E-state index contributed by atoms with van der Waals surface area (Å²) in [6.45, 7) is 1.88. The van der Waals surface area contributed by atoms with Crippen molar-refractivity contribution in [2.45, 2.75) is 13.3 Å². The van der Waals surface area contributed by atoms with Gasteiger partial charge in [0, 0.05) is 29.2 Å². The Morgan fingerprint density at radius 2 is 1.50 bits per heavy atom. The molecule has 0 aliphatic heterocycles. The van der Waals surface area contributed by atoms with Crippen molar-refractivity contribution in [3.63, 3.8) is 0 Å². The van der Waals surface area contributed by atoms with Gasteiger partial charge in [-0.3, -0.25) is 9.97 Å². The number of hydrogen-bond acceptors (Lipinski definition) is 6. The summed E-state index contributed by atoms with van der Waals surface area (Å²) >= 11 is 0. The minimum absolute atomic E-state index is 0.304. The monoisotopic (exact) mass is 443 g/mol. The molecule has 7 heteroatoms. The third kappa shape index (κ3) is 5.07. The van der Waals surface area contributed by atoms with Crippen LogP contribution in [-0.4, -0.2) is 34.8 Å². The van der Waals surface area contributed by atoms with Gasteiger partial charge in [0.2, 0.25) is 10.3 Å². The van der Waals surface area contributed by atoms with Crippen LogP contribution in [0.2, 0.25) is 0 Å². The third-order valence-electron chi connectivity index (χ3n) is 4.90. The van der Waals surface area contributed by atoms with E-state index in [9.17, 15) is 8.42 Å². The highest BCUT2D eigenvalue weighted by Crippen LogP contribution is 2.32. The van der Waals surface area contributed by atoms with Crippen molar-refractivity contribution in [2.24, 2.45) is 0 Å². The summed E-state index contributed by atoms with van der Waals surface area (Å²) in [6.07, 6.45) is 3.86. The van der Waals surface area contributed by atoms with Crippen molar-refractivity contribution in [3.05, 3.63) is 85.2 Å². The van der Waals surface area contributed by atoms with Crippen molar-refractivity contribution in [1.29, 1.82) is 0 Å². The van der Waals surface area contributed by atoms with E-state index in [4.69, 9.17) is 9.72 Å². The van der Waals surface area contributed by atoms with Crippen LogP contribution < -0.4 is 4.74 Å². The van der Waals surface area contributed by atoms with E-state index in [-0.39, 0.29) is 0 Å². The first-order valence-electron chi connectivity index (χ1n) is 10.1. The molecular weight excluding hydrogens is 422 g/mol. The number of hydrogen-bond donors (Lipinski definition) is 0. The summed E-state index contributed by atoms with van der Waals surface area (Å²) in [5.74, 6) is 0.677. The van der Waals surface area contributed by atoms with Crippen molar-refractivity contribution in [3.8, 4) is 39.7 Å². The summed E-state index contributed by atoms with van der Waals surface area (Å²) in [6, 6.07) is 23.1. The molecule has 0 aliphatic carbocycles. The second-order valence-electron chi connectivity index (χ2n) is 7.08. The van der Waals surface area contributed by atoms with Crippen molar-refractivity contribution in [1.82, 2.24) is 15.0 Å². The Balaban J connectivity index is 1.65. The molecule has 3 heterocycles. The zero-order valence-corrected chi connectivity index (χ0v) is 18.3. The molecule has 32 heavy (non-hydrogen) atoms. The molecule has 0 spiro atoms. The number of benzene rings is 1. The SMILES string of the molecule is CC(CCOc1ccc(-c2ccc(-c3ccccn3)nc2-c2ccccn2)cc1)=S(=O)=O. The van der Waals surface area contributed by atoms with Gasteiger partial charge in [-0.05, 0) is 61.0 Å². The lowest BCUT2D eigenvalue weighted by atomic mass is 10.0. The van der Waals surface area contributed by atoms with E-state index in [1.165, 1.54) is 0 Å². The molecule has 6 nitrogen and oxygen atoms in total. The molecule has 0 N–H and O–H groups in total. The molecule has 0 fully saturated rings. The van der Waals surface area contributed by atoms with Gasteiger partial charge in [-0.15, -0.1) is 0 Å². The summed E-state index contributed by atoms with van der Waals surface area (Å²) in [4.78, 5) is 14.2. The van der Waals surface area contributed by atoms with Crippen LogP contribution in [0.4, 0.5) is 0 Å². The zero-order valence-electron chi connectivity index (χ0n) is 17.5. The maximum absolute atomic E-state index is 10.9. The quantitative estimate of drug-likeness (QED) is 0.385.